The van der Waals surface area contributed by atoms with Gasteiger partial charge in [0, 0.05) is 5.56 Å². The Morgan fingerprint density at radius 2 is 1.95 bits per heavy atom. The molecule has 1 N–H and O–H groups in total. The Morgan fingerprint density at radius 1 is 1.20 bits per heavy atom. The van der Waals surface area contributed by atoms with Crippen LogP contribution >= 0.6 is 0 Å². The number of benzene rings is 1. The normalized spacial score (nSPS) is 9.90. The maximum Gasteiger partial charge on any atom is 0.266 e. The van der Waals surface area contributed by atoms with Crippen molar-refractivity contribution in [2.75, 3.05) is 14.2 Å². The first kappa shape index (κ1) is 13.7. The van der Waals surface area contributed by atoms with Crippen LogP contribution in [0.2, 0.25) is 0 Å². The van der Waals surface area contributed by atoms with Gasteiger partial charge in [-0.25, -0.2) is 0 Å². The molecule has 0 fully saturated rings. The summed E-state index contributed by atoms with van der Waals surface area (Å²) in [6.45, 7) is 1.82. The van der Waals surface area contributed by atoms with Gasteiger partial charge in [-0.2, -0.15) is 5.26 Å². The van der Waals surface area contributed by atoms with E-state index in [1.54, 1.807) is 38.5 Å². The van der Waals surface area contributed by atoms with Crippen molar-refractivity contribution in [2.24, 2.45) is 0 Å². The summed E-state index contributed by atoms with van der Waals surface area (Å²) in [5.41, 5.74) is 1.79. The number of aryl methyl sites for hydroxylation is 1. The number of hydrogen-bond donors (Lipinski definition) is 1. The molecule has 0 saturated carbocycles. The lowest BCUT2D eigenvalue weighted by atomic mass is 10.0. The molecule has 0 bridgehead atoms. The number of nitrogens with one attached hydrogen (secondary N) is 1. The van der Waals surface area contributed by atoms with Crippen molar-refractivity contribution >= 4 is 0 Å². The van der Waals surface area contributed by atoms with E-state index in [0.717, 1.165) is 5.56 Å². The van der Waals surface area contributed by atoms with E-state index in [1.165, 1.54) is 0 Å². The Morgan fingerprint density at radius 3 is 2.55 bits per heavy atom. The average molecular weight is 270 g/mol. The van der Waals surface area contributed by atoms with Gasteiger partial charge in [-0.05, 0) is 36.8 Å². The SMILES string of the molecule is COc1ccc(OC)c(-c2[nH]c(=O)c(C#N)cc2C)c1. The summed E-state index contributed by atoms with van der Waals surface area (Å²) in [6.07, 6.45) is 0. The van der Waals surface area contributed by atoms with Gasteiger partial charge >= 0.3 is 0 Å². The Labute approximate surface area is 116 Å². The summed E-state index contributed by atoms with van der Waals surface area (Å²) >= 11 is 0. The maximum absolute atomic E-state index is 11.8. The highest BCUT2D eigenvalue weighted by Crippen LogP contribution is 2.33. The second-order valence-electron chi connectivity index (χ2n) is 4.25. The van der Waals surface area contributed by atoms with Crippen LogP contribution in [0.5, 0.6) is 11.5 Å². The smallest absolute Gasteiger partial charge is 0.266 e. The maximum atomic E-state index is 11.8. The van der Waals surface area contributed by atoms with Crippen LogP contribution in [0.1, 0.15) is 11.1 Å². The Hall–Kier alpha value is -2.74. The molecule has 0 aliphatic carbocycles. The Balaban J connectivity index is 2.71. The van der Waals surface area contributed by atoms with Crippen molar-refractivity contribution < 1.29 is 9.47 Å². The van der Waals surface area contributed by atoms with Crippen molar-refractivity contribution in [2.45, 2.75) is 6.92 Å². The third-order valence-electron chi connectivity index (χ3n) is 3.03. The minimum atomic E-state index is -0.419. The molecule has 0 spiro atoms. The van der Waals surface area contributed by atoms with Gasteiger partial charge in [0.1, 0.15) is 23.1 Å². The largest absolute Gasteiger partial charge is 0.497 e. The second kappa shape index (κ2) is 5.49. The summed E-state index contributed by atoms with van der Waals surface area (Å²) in [5, 5.41) is 8.87. The lowest BCUT2D eigenvalue weighted by Gasteiger charge is -2.12. The number of rotatable bonds is 3. The molecule has 5 heteroatoms. The third-order valence-corrected chi connectivity index (χ3v) is 3.03. The molecule has 0 amide bonds. The quantitative estimate of drug-likeness (QED) is 0.928. The van der Waals surface area contributed by atoms with Crippen LogP contribution in [0.15, 0.2) is 29.1 Å². The van der Waals surface area contributed by atoms with Gasteiger partial charge in [-0.3, -0.25) is 4.79 Å². The lowest BCUT2D eigenvalue weighted by molar-refractivity contribution is 0.404. The van der Waals surface area contributed by atoms with Gasteiger partial charge in [0.15, 0.2) is 0 Å². The van der Waals surface area contributed by atoms with E-state index < -0.39 is 5.56 Å². The molecular weight excluding hydrogens is 256 g/mol. The fourth-order valence-electron chi connectivity index (χ4n) is 2.01. The van der Waals surface area contributed by atoms with E-state index in [-0.39, 0.29) is 5.56 Å². The zero-order valence-corrected chi connectivity index (χ0v) is 11.5. The van der Waals surface area contributed by atoms with Crippen LogP contribution in [0.25, 0.3) is 11.3 Å². The number of ether oxygens (including phenoxy) is 2. The summed E-state index contributed by atoms with van der Waals surface area (Å²) in [4.78, 5) is 14.5. The van der Waals surface area contributed by atoms with Crippen molar-refractivity contribution in [1.82, 2.24) is 4.98 Å². The number of hydrogen-bond acceptors (Lipinski definition) is 4. The summed E-state index contributed by atoms with van der Waals surface area (Å²) in [6, 6.07) is 8.75. The second-order valence-corrected chi connectivity index (χ2v) is 4.25. The average Bonchev–Trinajstić information content (AvgIpc) is 2.48. The highest BCUT2D eigenvalue weighted by Gasteiger charge is 2.13. The predicted octanol–water partition coefficient (Wildman–Crippen LogP) is 2.24. The molecule has 2 rings (SSSR count). The van der Waals surface area contributed by atoms with E-state index in [4.69, 9.17) is 14.7 Å². The van der Waals surface area contributed by atoms with Gasteiger partial charge in [0.25, 0.3) is 5.56 Å². The van der Waals surface area contributed by atoms with Gasteiger partial charge < -0.3 is 14.5 Å². The molecule has 2 aromatic rings. The Kier molecular flexibility index (Phi) is 3.76. The first-order valence-corrected chi connectivity index (χ1v) is 5.97. The topological polar surface area (TPSA) is 75.1 Å². The van der Waals surface area contributed by atoms with Crippen LogP contribution in [0, 0.1) is 18.3 Å². The van der Waals surface area contributed by atoms with Crippen LogP contribution < -0.4 is 15.0 Å². The predicted molar refractivity (Wildman–Crippen MR) is 75.1 cm³/mol. The van der Waals surface area contributed by atoms with Crippen molar-refractivity contribution in [3.63, 3.8) is 0 Å². The summed E-state index contributed by atoms with van der Waals surface area (Å²) in [5.74, 6) is 1.28. The van der Waals surface area contributed by atoms with E-state index >= 15 is 0 Å². The molecule has 0 aliphatic rings. The molecular formula is C15H14N2O3. The number of nitrogens with zero attached hydrogens (tertiary/aromatic N) is 1. The highest BCUT2D eigenvalue weighted by molar-refractivity contribution is 5.71. The van der Waals surface area contributed by atoms with Gasteiger partial charge in [-0.1, -0.05) is 0 Å². The zero-order chi connectivity index (χ0) is 14.7. The zero-order valence-electron chi connectivity index (χ0n) is 11.5. The molecule has 0 atom stereocenters. The van der Waals surface area contributed by atoms with E-state index in [9.17, 15) is 4.79 Å². The first-order chi connectivity index (χ1) is 9.60. The fourth-order valence-corrected chi connectivity index (χ4v) is 2.01. The van der Waals surface area contributed by atoms with Gasteiger partial charge in [0.2, 0.25) is 0 Å². The fraction of sp³-hybridized carbons (Fsp3) is 0.200. The molecule has 102 valence electrons. The monoisotopic (exact) mass is 270 g/mol. The lowest BCUT2D eigenvalue weighted by Crippen LogP contribution is -2.12. The number of aromatic amines is 1. The minimum absolute atomic E-state index is 0.0908. The van der Waals surface area contributed by atoms with E-state index in [2.05, 4.69) is 4.98 Å². The molecule has 0 aliphatic heterocycles. The first-order valence-electron chi connectivity index (χ1n) is 5.97. The number of H-pyrrole nitrogens is 1. The Bertz CT molecular complexity index is 742. The molecule has 1 heterocycles. The van der Waals surface area contributed by atoms with Crippen molar-refractivity contribution in [3.8, 4) is 28.8 Å². The summed E-state index contributed by atoms with van der Waals surface area (Å²) in [7, 11) is 3.13. The van der Waals surface area contributed by atoms with Gasteiger partial charge in [0.05, 0.1) is 19.9 Å². The van der Waals surface area contributed by atoms with Gasteiger partial charge in [-0.15, -0.1) is 0 Å². The molecule has 0 saturated heterocycles. The van der Waals surface area contributed by atoms with Crippen LogP contribution in [0.3, 0.4) is 0 Å². The summed E-state index contributed by atoms with van der Waals surface area (Å²) < 4.78 is 10.5. The van der Waals surface area contributed by atoms with Crippen LogP contribution in [0.4, 0.5) is 0 Å². The number of pyridine rings is 1. The minimum Gasteiger partial charge on any atom is -0.497 e. The third kappa shape index (κ3) is 2.36. The molecule has 0 unspecified atom stereocenters. The van der Waals surface area contributed by atoms with Crippen molar-refractivity contribution in [3.05, 3.63) is 45.7 Å². The van der Waals surface area contributed by atoms with Crippen LogP contribution in [-0.2, 0) is 0 Å². The molecule has 1 aromatic carbocycles. The molecule has 0 radical (unpaired) electrons. The van der Waals surface area contributed by atoms with E-state index in [0.29, 0.717) is 22.8 Å². The molecule has 5 nitrogen and oxygen atoms in total. The van der Waals surface area contributed by atoms with E-state index in [1.807, 2.05) is 13.0 Å². The highest BCUT2D eigenvalue weighted by atomic mass is 16.5. The van der Waals surface area contributed by atoms with Crippen molar-refractivity contribution in [1.29, 1.82) is 5.26 Å². The molecule has 20 heavy (non-hydrogen) atoms. The molecule has 1 aromatic heterocycles. The van der Waals surface area contributed by atoms with Crippen LogP contribution in [-0.4, -0.2) is 19.2 Å². The number of aromatic nitrogens is 1. The number of methoxy groups -OCH3 is 2. The number of nitriles is 1. The standard InChI is InChI=1S/C15H14N2O3/c1-9-6-10(8-16)15(18)17-14(9)12-7-11(19-2)4-5-13(12)20-3/h4-7H,1-3H3,(H,17,18).